The highest BCUT2D eigenvalue weighted by Crippen LogP contribution is 2.30. The largest absolute Gasteiger partial charge is 0.387 e. The molecule has 0 spiro atoms. The minimum Gasteiger partial charge on any atom is -0.387 e. The molecule has 1 atom stereocenters. The molecule has 3 rings (SSSR count). The highest BCUT2D eigenvalue weighted by atomic mass is 32.1. The number of amides is 1. The Morgan fingerprint density at radius 2 is 2.05 bits per heavy atom. The van der Waals surface area contributed by atoms with Gasteiger partial charge in [0.2, 0.25) is 0 Å². The quantitative estimate of drug-likeness (QED) is 0.911. The molecule has 0 saturated carbocycles. The summed E-state index contributed by atoms with van der Waals surface area (Å²) in [6.45, 7) is 1.61. The summed E-state index contributed by atoms with van der Waals surface area (Å²) >= 11 is 1.35. The van der Waals surface area contributed by atoms with Crippen LogP contribution in [-0.2, 0) is 0 Å². The van der Waals surface area contributed by atoms with Gasteiger partial charge in [-0.3, -0.25) is 9.69 Å². The number of aliphatic hydroxyl groups is 1. The highest BCUT2D eigenvalue weighted by Gasteiger charge is 2.42. The van der Waals surface area contributed by atoms with Crippen LogP contribution in [0, 0.1) is 0 Å². The lowest BCUT2D eigenvalue weighted by Crippen LogP contribution is -2.49. The third-order valence-electron chi connectivity index (χ3n) is 4.38. The minimum absolute atomic E-state index is 0.162. The van der Waals surface area contributed by atoms with Crippen LogP contribution >= 0.6 is 11.3 Å². The number of likely N-dealkylation sites (tertiary alicyclic amines) is 2. The van der Waals surface area contributed by atoms with E-state index in [1.807, 2.05) is 4.90 Å². The van der Waals surface area contributed by atoms with E-state index in [1.54, 1.807) is 15.8 Å². The number of β-amino-alcohol motifs (C(OH)–C–C–N with tert-alkyl or cyclic N) is 1. The van der Waals surface area contributed by atoms with E-state index < -0.39 is 11.5 Å². The average molecular weight is 331 g/mol. The first-order chi connectivity index (χ1) is 10.4. The predicted octanol–water partition coefficient (Wildman–Crippen LogP) is 1.45. The Bertz CT molecular complexity index is 530. The first-order valence-electron chi connectivity index (χ1n) is 7.37. The van der Waals surface area contributed by atoms with Gasteiger partial charge in [-0.25, -0.2) is 13.8 Å². The SMILES string of the molecule is O=C(c1cscn1)N1CC[C@@](O)(CN2CCC(F)(F)CC2)C1. The standard InChI is InChI=1S/C14H19F2N3O2S/c15-14(16)2-4-18(5-3-14)8-13(21)1-6-19(9-13)12(20)11-7-22-10-17-11/h7,10,21H,1-6,8-9H2/t13-/m1/s1. The van der Waals surface area contributed by atoms with Gasteiger partial charge in [0, 0.05) is 44.4 Å². The Balaban J connectivity index is 1.56. The Morgan fingerprint density at radius 1 is 1.32 bits per heavy atom. The fourth-order valence-corrected chi connectivity index (χ4v) is 3.62. The topological polar surface area (TPSA) is 56.7 Å². The zero-order chi connectivity index (χ0) is 15.8. The average Bonchev–Trinajstić information content (AvgIpc) is 3.11. The Kier molecular flexibility index (Phi) is 4.17. The van der Waals surface area contributed by atoms with Gasteiger partial charge < -0.3 is 10.0 Å². The van der Waals surface area contributed by atoms with Crippen LogP contribution < -0.4 is 0 Å². The van der Waals surface area contributed by atoms with E-state index in [-0.39, 0.29) is 38.4 Å². The van der Waals surface area contributed by atoms with Crippen LogP contribution in [0.2, 0.25) is 0 Å². The van der Waals surface area contributed by atoms with Gasteiger partial charge in [-0.2, -0.15) is 0 Å². The molecule has 5 nitrogen and oxygen atoms in total. The normalized spacial score (nSPS) is 29.0. The summed E-state index contributed by atoms with van der Waals surface area (Å²) < 4.78 is 26.3. The van der Waals surface area contributed by atoms with Gasteiger partial charge >= 0.3 is 0 Å². The second-order valence-corrected chi connectivity index (χ2v) is 6.93. The third-order valence-corrected chi connectivity index (χ3v) is 4.96. The molecule has 0 unspecified atom stereocenters. The minimum atomic E-state index is -2.58. The summed E-state index contributed by atoms with van der Waals surface area (Å²) in [5, 5.41) is 12.3. The number of carbonyl (C=O) groups is 1. The molecule has 0 aromatic carbocycles. The zero-order valence-electron chi connectivity index (χ0n) is 12.2. The number of rotatable bonds is 3. The van der Waals surface area contributed by atoms with Crippen molar-refractivity contribution >= 4 is 17.2 Å². The van der Waals surface area contributed by atoms with Gasteiger partial charge in [-0.1, -0.05) is 0 Å². The van der Waals surface area contributed by atoms with Crippen LogP contribution in [0.25, 0.3) is 0 Å². The van der Waals surface area contributed by atoms with E-state index in [4.69, 9.17) is 0 Å². The number of alkyl halides is 2. The molecule has 2 aliphatic rings. The smallest absolute Gasteiger partial charge is 0.273 e. The van der Waals surface area contributed by atoms with Crippen molar-refractivity contribution in [2.24, 2.45) is 0 Å². The van der Waals surface area contributed by atoms with Gasteiger partial charge in [0.15, 0.2) is 0 Å². The fourth-order valence-electron chi connectivity index (χ4n) is 3.09. The van der Waals surface area contributed by atoms with Gasteiger partial charge in [0.25, 0.3) is 11.8 Å². The molecule has 2 aliphatic heterocycles. The maximum absolute atomic E-state index is 13.2. The summed E-state index contributed by atoms with van der Waals surface area (Å²) in [5.41, 5.74) is 0.980. The summed E-state index contributed by atoms with van der Waals surface area (Å²) in [4.78, 5) is 19.7. The zero-order valence-corrected chi connectivity index (χ0v) is 13.0. The summed E-state index contributed by atoms with van der Waals surface area (Å²) in [6.07, 6.45) is 0.144. The van der Waals surface area contributed by atoms with E-state index in [0.29, 0.717) is 25.2 Å². The molecule has 22 heavy (non-hydrogen) atoms. The van der Waals surface area contributed by atoms with Gasteiger partial charge in [0.1, 0.15) is 5.69 Å². The molecule has 122 valence electrons. The molecule has 0 bridgehead atoms. The molecule has 1 N–H and O–H groups in total. The number of halogens is 2. The monoisotopic (exact) mass is 331 g/mol. The van der Waals surface area contributed by atoms with Gasteiger partial charge in [0.05, 0.1) is 17.7 Å². The number of hydrogen-bond acceptors (Lipinski definition) is 5. The maximum Gasteiger partial charge on any atom is 0.273 e. The Labute approximate surface area is 131 Å². The van der Waals surface area contributed by atoms with Crippen molar-refractivity contribution in [3.05, 3.63) is 16.6 Å². The van der Waals surface area contributed by atoms with Crippen LogP contribution in [0.15, 0.2) is 10.9 Å². The number of aromatic nitrogens is 1. The van der Waals surface area contributed by atoms with Crippen LogP contribution in [0.5, 0.6) is 0 Å². The molecule has 0 aliphatic carbocycles. The molecule has 1 amide bonds. The number of piperidine rings is 1. The summed E-state index contributed by atoms with van der Waals surface area (Å²) in [7, 11) is 0. The molecular weight excluding hydrogens is 312 g/mol. The lowest BCUT2D eigenvalue weighted by atomic mass is 10.00. The predicted molar refractivity (Wildman–Crippen MR) is 78.2 cm³/mol. The molecule has 3 heterocycles. The summed E-state index contributed by atoms with van der Waals surface area (Å²) in [5.74, 6) is -2.76. The van der Waals surface area contributed by atoms with E-state index in [1.165, 1.54) is 11.3 Å². The molecule has 0 radical (unpaired) electrons. The van der Waals surface area contributed by atoms with Crippen LogP contribution in [-0.4, -0.2) is 70.0 Å². The van der Waals surface area contributed by atoms with Crippen molar-refractivity contribution in [3.63, 3.8) is 0 Å². The lowest BCUT2D eigenvalue weighted by Gasteiger charge is -2.36. The lowest BCUT2D eigenvalue weighted by molar-refractivity contribution is -0.0720. The number of thiazole rings is 1. The van der Waals surface area contributed by atoms with E-state index >= 15 is 0 Å². The fraction of sp³-hybridized carbons (Fsp3) is 0.714. The number of nitrogens with zero attached hydrogens (tertiary/aromatic N) is 3. The Morgan fingerprint density at radius 3 is 2.68 bits per heavy atom. The second kappa shape index (κ2) is 5.82. The van der Waals surface area contributed by atoms with Crippen molar-refractivity contribution in [1.29, 1.82) is 0 Å². The van der Waals surface area contributed by atoms with Crippen molar-refractivity contribution < 1.29 is 18.7 Å². The molecular formula is C14H19F2N3O2S. The molecule has 2 fully saturated rings. The van der Waals surface area contributed by atoms with E-state index in [0.717, 1.165) is 0 Å². The number of carbonyl (C=O) groups excluding carboxylic acids is 1. The second-order valence-electron chi connectivity index (χ2n) is 6.21. The van der Waals surface area contributed by atoms with Crippen molar-refractivity contribution in [2.75, 3.05) is 32.7 Å². The van der Waals surface area contributed by atoms with Crippen LogP contribution in [0.3, 0.4) is 0 Å². The first-order valence-corrected chi connectivity index (χ1v) is 8.31. The highest BCUT2D eigenvalue weighted by molar-refractivity contribution is 7.07. The third kappa shape index (κ3) is 3.44. The van der Waals surface area contributed by atoms with Crippen LogP contribution in [0.4, 0.5) is 8.78 Å². The molecule has 2 saturated heterocycles. The van der Waals surface area contributed by atoms with Crippen LogP contribution in [0.1, 0.15) is 29.8 Å². The maximum atomic E-state index is 13.2. The van der Waals surface area contributed by atoms with E-state index in [9.17, 15) is 18.7 Å². The van der Waals surface area contributed by atoms with Gasteiger partial charge in [-0.05, 0) is 6.42 Å². The van der Waals surface area contributed by atoms with Crippen molar-refractivity contribution in [1.82, 2.24) is 14.8 Å². The number of hydrogen-bond donors (Lipinski definition) is 1. The Hall–Kier alpha value is -1.12. The molecule has 8 heteroatoms. The van der Waals surface area contributed by atoms with Crippen molar-refractivity contribution in [3.8, 4) is 0 Å². The molecule has 1 aromatic heterocycles. The van der Waals surface area contributed by atoms with E-state index in [2.05, 4.69) is 4.98 Å². The summed E-state index contributed by atoms with van der Waals surface area (Å²) in [6, 6.07) is 0. The first kappa shape index (κ1) is 15.8. The van der Waals surface area contributed by atoms with Crippen molar-refractivity contribution in [2.45, 2.75) is 30.8 Å². The molecule has 1 aromatic rings. The van der Waals surface area contributed by atoms with Gasteiger partial charge in [-0.15, -0.1) is 11.3 Å².